The van der Waals surface area contributed by atoms with Crippen molar-refractivity contribution in [2.24, 2.45) is 5.41 Å². The number of carboxylic acid groups (broad SMARTS) is 1. The molecule has 0 aromatic carbocycles. The Bertz CT molecular complexity index is 224. The highest BCUT2D eigenvalue weighted by atomic mass is 16.5. The number of hydrogen-bond donors (Lipinski definition) is 1. The number of aliphatic carboxylic acids is 1. The Hall–Kier alpha value is -0.610. The zero-order valence-corrected chi connectivity index (χ0v) is 10.4. The quantitative estimate of drug-likeness (QED) is 0.751. The van der Waals surface area contributed by atoms with Crippen LogP contribution in [0, 0.1) is 5.41 Å². The molecule has 4 heteroatoms. The van der Waals surface area contributed by atoms with Crippen LogP contribution in [0.15, 0.2) is 0 Å². The molecule has 1 N–H and O–H groups in total. The van der Waals surface area contributed by atoms with Crippen LogP contribution in [0.3, 0.4) is 0 Å². The fourth-order valence-corrected chi connectivity index (χ4v) is 2.23. The molecule has 0 unspecified atom stereocenters. The Morgan fingerprint density at radius 1 is 1.44 bits per heavy atom. The van der Waals surface area contributed by atoms with Gasteiger partial charge in [-0.3, -0.25) is 4.79 Å². The first-order chi connectivity index (χ1) is 7.60. The molecule has 0 saturated carbocycles. The highest BCUT2D eigenvalue weighted by molar-refractivity contribution is 5.75. The standard InChI is InChI=1S/C12H23NO3/c1-3-4-7-13(2)10-12(11(14)15)5-8-16-9-6-12/h3-10H2,1-2H3,(H,14,15). The van der Waals surface area contributed by atoms with Crippen molar-refractivity contribution in [3.8, 4) is 0 Å². The highest BCUT2D eigenvalue weighted by Gasteiger charge is 2.40. The van der Waals surface area contributed by atoms with Crippen LogP contribution in [-0.4, -0.2) is 49.3 Å². The topological polar surface area (TPSA) is 49.8 Å². The lowest BCUT2D eigenvalue weighted by Crippen LogP contribution is -2.45. The largest absolute Gasteiger partial charge is 0.481 e. The number of carboxylic acids is 1. The fraction of sp³-hybridized carbons (Fsp3) is 0.917. The second kappa shape index (κ2) is 6.21. The summed E-state index contributed by atoms with van der Waals surface area (Å²) in [6.45, 7) is 4.93. The van der Waals surface area contributed by atoms with Crippen LogP contribution in [0.2, 0.25) is 0 Å². The van der Waals surface area contributed by atoms with Crippen LogP contribution >= 0.6 is 0 Å². The van der Waals surface area contributed by atoms with E-state index in [0.29, 0.717) is 32.6 Å². The lowest BCUT2D eigenvalue weighted by molar-refractivity contribution is -0.156. The number of carbonyl (C=O) groups is 1. The van der Waals surface area contributed by atoms with Crippen molar-refractivity contribution < 1.29 is 14.6 Å². The van der Waals surface area contributed by atoms with Crippen molar-refractivity contribution in [1.82, 2.24) is 4.90 Å². The van der Waals surface area contributed by atoms with Crippen molar-refractivity contribution in [2.45, 2.75) is 32.6 Å². The van der Waals surface area contributed by atoms with E-state index in [1.165, 1.54) is 0 Å². The molecule has 0 bridgehead atoms. The molecular formula is C12H23NO3. The molecule has 4 nitrogen and oxygen atoms in total. The van der Waals surface area contributed by atoms with Gasteiger partial charge in [-0.1, -0.05) is 13.3 Å². The van der Waals surface area contributed by atoms with Crippen LogP contribution in [0.5, 0.6) is 0 Å². The number of ether oxygens (including phenoxy) is 1. The van der Waals surface area contributed by atoms with Gasteiger partial charge < -0.3 is 14.7 Å². The summed E-state index contributed by atoms with van der Waals surface area (Å²) in [7, 11) is 2.01. The molecule has 1 saturated heterocycles. The van der Waals surface area contributed by atoms with Crippen LogP contribution < -0.4 is 0 Å². The third-order valence-electron chi connectivity index (χ3n) is 3.37. The Kier molecular flexibility index (Phi) is 5.22. The molecule has 0 aromatic heterocycles. The van der Waals surface area contributed by atoms with Crippen molar-refractivity contribution in [3.63, 3.8) is 0 Å². The van der Waals surface area contributed by atoms with Gasteiger partial charge in [0.15, 0.2) is 0 Å². The van der Waals surface area contributed by atoms with Crippen molar-refractivity contribution in [2.75, 3.05) is 33.4 Å². The fourth-order valence-electron chi connectivity index (χ4n) is 2.23. The smallest absolute Gasteiger partial charge is 0.311 e. The summed E-state index contributed by atoms with van der Waals surface area (Å²) in [5, 5.41) is 9.38. The van der Waals surface area contributed by atoms with Gasteiger partial charge in [0.1, 0.15) is 0 Å². The summed E-state index contributed by atoms with van der Waals surface area (Å²) in [6.07, 6.45) is 3.55. The molecule has 0 aliphatic carbocycles. The summed E-state index contributed by atoms with van der Waals surface area (Å²) in [4.78, 5) is 13.5. The minimum atomic E-state index is -0.667. The molecule has 94 valence electrons. The van der Waals surface area contributed by atoms with Gasteiger partial charge in [0, 0.05) is 19.8 Å². The molecule has 0 amide bonds. The van der Waals surface area contributed by atoms with Crippen LogP contribution in [0.25, 0.3) is 0 Å². The average molecular weight is 229 g/mol. The molecule has 1 aliphatic rings. The van der Waals surface area contributed by atoms with Gasteiger partial charge >= 0.3 is 5.97 Å². The third kappa shape index (κ3) is 3.46. The second-order valence-corrected chi connectivity index (χ2v) is 4.79. The molecule has 0 aromatic rings. The van der Waals surface area contributed by atoms with E-state index >= 15 is 0 Å². The summed E-state index contributed by atoms with van der Waals surface area (Å²) in [5.41, 5.74) is -0.583. The lowest BCUT2D eigenvalue weighted by atomic mass is 9.80. The minimum Gasteiger partial charge on any atom is -0.481 e. The zero-order chi connectivity index (χ0) is 12.0. The first kappa shape index (κ1) is 13.5. The maximum atomic E-state index is 11.4. The summed E-state index contributed by atoms with van der Waals surface area (Å²) in [6, 6.07) is 0. The molecule has 1 fully saturated rings. The van der Waals surface area contributed by atoms with Crippen molar-refractivity contribution in [3.05, 3.63) is 0 Å². The molecular weight excluding hydrogens is 206 g/mol. The van der Waals surface area contributed by atoms with E-state index in [2.05, 4.69) is 11.8 Å². The average Bonchev–Trinajstić information content (AvgIpc) is 2.27. The van der Waals surface area contributed by atoms with E-state index in [9.17, 15) is 9.90 Å². The van der Waals surface area contributed by atoms with Gasteiger partial charge in [-0.05, 0) is 32.9 Å². The van der Waals surface area contributed by atoms with Gasteiger partial charge in [-0.25, -0.2) is 0 Å². The van der Waals surface area contributed by atoms with E-state index in [1.807, 2.05) is 7.05 Å². The first-order valence-corrected chi connectivity index (χ1v) is 6.10. The van der Waals surface area contributed by atoms with Gasteiger partial charge in [0.05, 0.1) is 5.41 Å². The van der Waals surface area contributed by atoms with E-state index in [1.54, 1.807) is 0 Å². The summed E-state index contributed by atoms with van der Waals surface area (Å²) < 4.78 is 5.26. The molecule has 0 radical (unpaired) electrons. The molecule has 1 rings (SSSR count). The maximum absolute atomic E-state index is 11.4. The van der Waals surface area contributed by atoms with E-state index < -0.39 is 11.4 Å². The zero-order valence-electron chi connectivity index (χ0n) is 10.4. The SMILES string of the molecule is CCCCN(C)CC1(C(=O)O)CCOCC1. The normalized spacial score (nSPS) is 19.9. The molecule has 1 aliphatic heterocycles. The predicted octanol–water partition coefficient (Wildman–Crippen LogP) is 1.60. The Balaban J connectivity index is 2.53. The van der Waals surface area contributed by atoms with Gasteiger partial charge in [-0.2, -0.15) is 0 Å². The van der Waals surface area contributed by atoms with E-state index in [0.717, 1.165) is 19.4 Å². The van der Waals surface area contributed by atoms with Gasteiger partial charge in [-0.15, -0.1) is 0 Å². The van der Waals surface area contributed by atoms with Crippen molar-refractivity contribution in [1.29, 1.82) is 0 Å². The minimum absolute atomic E-state index is 0.577. The van der Waals surface area contributed by atoms with Gasteiger partial charge in [0.2, 0.25) is 0 Å². The molecule has 16 heavy (non-hydrogen) atoms. The number of nitrogens with zero attached hydrogens (tertiary/aromatic N) is 1. The highest BCUT2D eigenvalue weighted by Crippen LogP contribution is 2.31. The third-order valence-corrected chi connectivity index (χ3v) is 3.37. The molecule has 0 spiro atoms. The molecule has 0 atom stereocenters. The number of hydrogen-bond acceptors (Lipinski definition) is 3. The second-order valence-electron chi connectivity index (χ2n) is 4.79. The number of rotatable bonds is 6. The van der Waals surface area contributed by atoms with Crippen LogP contribution in [0.4, 0.5) is 0 Å². The Labute approximate surface area is 97.6 Å². The lowest BCUT2D eigenvalue weighted by Gasteiger charge is -2.36. The van der Waals surface area contributed by atoms with E-state index in [-0.39, 0.29) is 0 Å². The van der Waals surface area contributed by atoms with Crippen LogP contribution in [0.1, 0.15) is 32.6 Å². The molecule has 1 heterocycles. The Morgan fingerprint density at radius 2 is 2.06 bits per heavy atom. The Morgan fingerprint density at radius 3 is 2.56 bits per heavy atom. The summed E-state index contributed by atoms with van der Waals surface area (Å²) in [5.74, 6) is -0.667. The number of unbranched alkanes of at least 4 members (excludes halogenated alkanes) is 1. The first-order valence-electron chi connectivity index (χ1n) is 6.10. The van der Waals surface area contributed by atoms with Crippen LogP contribution in [-0.2, 0) is 9.53 Å². The monoisotopic (exact) mass is 229 g/mol. The predicted molar refractivity (Wildman–Crippen MR) is 62.5 cm³/mol. The van der Waals surface area contributed by atoms with Gasteiger partial charge in [0.25, 0.3) is 0 Å². The summed E-state index contributed by atoms with van der Waals surface area (Å²) >= 11 is 0. The van der Waals surface area contributed by atoms with Crippen molar-refractivity contribution >= 4 is 5.97 Å². The van der Waals surface area contributed by atoms with E-state index in [4.69, 9.17) is 4.74 Å². The maximum Gasteiger partial charge on any atom is 0.311 e.